The van der Waals surface area contributed by atoms with E-state index in [9.17, 15) is 0 Å². The number of nitrogens with two attached hydrogens (primary N) is 1. The third kappa shape index (κ3) is 2.21. The van der Waals surface area contributed by atoms with Gasteiger partial charge in [-0.05, 0) is 19.3 Å². The number of hydrogen-bond acceptors (Lipinski definition) is 5. The van der Waals surface area contributed by atoms with Gasteiger partial charge in [-0.25, -0.2) is 4.98 Å². The summed E-state index contributed by atoms with van der Waals surface area (Å²) in [4.78, 5) is 11.0. The first kappa shape index (κ1) is 11.6. The van der Waals surface area contributed by atoms with Crippen molar-refractivity contribution in [2.24, 2.45) is 0 Å². The van der Waals surface area contributed by atoms with E-state index in [1.165, 1.54) is 32.1 Å². The number of hydrogen-bond donors (Lipinski definition) is 2. The Morgan fingerprint density at radius 3 is 2.89 bits per heavy atom. The minimum Gasteiger partial charge on any atom is -0.381 e. The van der Waals surface area contributed by atoms with Crippen molar-refractivity contribution >= 4 is 17.5 Å². The number of nitrogens with one attached hydrogen (secondary N) is 1. The van der Waals surface area contributed by atoms with E-state index in [1.54, 1.807) is 0 Å². The van der Waals surface area contributed by atoms with Gasteiger partial charge in [0.15, 0.2) is 5.82 Å². The lowest BCUT2D eigenvalue weighted by molar-refractivity contribution is 0.413. The van der Waals surface area contributed by atoms with Crippen LogP contribution in [0.15, 0.2) is 6.20 Å². The Morgan fingerprint density at radius 1 is 1.22 bits per heavy atom. The van der Waals surface area contributed by atoms with Crippen molar-refractivity contribution in [1.82, 2.24) is 9.97 Å². The molecule has 1 aliphatic carbocycles. The third-order valence-corrected chi connectivity index (χ3v) is 3.97. The summed E-state index contributed by atoms with van der Waals surface area (Å²) in [6, 6.07) is 0.631. The lowest BCUT2D eigenvalue weighted by atomic mass is 9.94. The summed E-state index contributed by atoms with van der Waals surface area (Å²) in [7, 11) is 0. The highest BCUT2D eigenvalue weighted by atomic mass is 15.3. The zero-order valence-electron chi connectivity index (χ0n) is 10.7. The van der Waals surface area contributed by atoms with Crippen LogP contribution < -0.4 is 16.0 Å². The maximum Gasteiger partial charge on any atom is 0.222 e. The van der Waals surface area contributed by atoms with E-state index in [4.69, 9.17) is 5.73 Å². The quantitative estimate of drug-likeness (QED) is 0.794. The van der Waals surface area contributed by atoms with Gasteiger partial charge in [-0.1, -0.05) is 19.3 Å². The van der Waals surface area contributed by atoms with Crippen LogP contribution >= 0.6 is 0 Å². The number of aromatic nitrogens is 2. The smallest absolute Gasteiger partial charge is 0.222 e. The molecule has 1 aromatic rings. The molecule has 98 valence electrons. The molecule has 0 unspecified atom stereocenters. The summed E-state index contributed by atoms with van der Waals surface area (Å²) in [5, 5.41) is 3.40. The lowest BCUT2D eigenvalue weighted by Gasteiger charge is -2.35. The van der Waals surface area contributed by atoms with Crippen LogP contribution in [0.2, 0.25) is 0 Å². The van der Waals surface area contributed by atoms with Gasteiger partial charge in [0.05, 0.1) is 11.9 Å². The minimum absolute atomic E-state index is 0.373. The fourth-order valence-electron chi connectivity index (χ4n) is 3.06. The molecule has 1 saturated carbocycles. The van der Waals surface area contributed by atoms with Crippen molar-refractivity contribution in [3.05, 3.63) is 6.20 Å². The molecule has 0 spiro atoms. The Balaban J connectivity index is 1.91. The summed E-state index contributed by atoms with van der Waals surface area (Å²) in [5.41, 5.74) is 6.78. The molecule has 0 atom stereocenters. The van der Waals surface area contributed by atoms with Crippen molar-refractivity contribution in [2.75, 3.05) is 29.0 Å². The van der Waals surface area contributed by atoms with E-state index in [2.05, 4.69) is 20.2 Å². The molecule has 5 heteroatoms. The van der Waals surface area contributed by atoms with E-state index in [1.807, 2.05) is 6.20 Å². The van der Waals surface area contributed by atoms with E-state index in [0.717, 1.165) is 31.0 Å². The van der Waals surface area contributed by atoms with Crippen molar-refractivity contribution in [2.45, 2.75) is 44.6 Å². The Hall–Kier alpha value is -1.52. The van der Waals surface area contributed by atoms with Gasteiger partial charge >= 0.3 is 0 Å². The van der Waals surface area contributed by atoms with Crippen LogP contribution in [-0.4, -0.2) is 29.1 Å². The molecule has 2 heterocycles. The first-order valence-corrected chi connectivity index (χ1v) is 6.97. The molecule has 3 rings (SSSR count). The fraction of sp³-hybridized carbons (Fsp3) is 0.692. The number of nitrogen functional groups attached to an aromatic ring is 1. The van der Waals surface area contributed by atoms with E-state index < -0.39 is 0 Å². The molecule has 18 heavy (non-hydrogen) atoms. The monoisotopic (exact) mass is 247 g/mol. The Bertz CT molecular complexity index is 414. The summed E-state index contributed by atoms with van der Waals surface area (Å²) < 4.78 is 0. The first-order chi connectivity index (χ1) is 8.84. The molecule has 0 bridgehead atoms. The molecular weight excluding hydrogens is 226 g/mol. The highest BCUT2D eigenvalue weighted by Crippen LogP contribution is 2.32. The SMILES string of the molecule is Nc1ncc2c(n1)N(C1CCCCC1)CCCN2. The summed E-state index contributed by atoms with van der Waals surface area (Å²) >= 11 is 0. The fourth-order valence-corrected chi connectivity index (χ4v) is 3.06. The minimum atomic E-state index is 0.373. The van der Waals surface area contributed by atoms with Gasteiger partial charge in [0.25, 0.3) is 0 Å². The lowest BCUT2D eigenvalue weighted by Crippen LogP contribution is -2.38. The van der Waals surface area contributed by atoms with Crippen LogP contribution in [-0.2, 0) is 0 Å². The van der Waals surface area contributed by atoms with Crippen LogP contribution in [0.5, 0.6) is 0 Å². The van der Waals surface area contributed by atoms with Crippen molar-refractivity contribution in [3.8, 4) is 0 Å². The standard InChI is InChI=1S/C13H21N5/c14-13-16-9-11-12(17-13)18(8-4-7-15-11)10-5-2-1-3-6-10/h9-10,15H,1-8H2,(H2,14,16,17). The van der Waals surface area contributed by atoms with Crippen molar-refractivity contribution < 1.29 is 0 Å². The zero-order valence-corrected chi connectivity index (χ0v) is 10.7. The second-order valence-electron chi connectivity index (χ2n) is 5.23. The van der Waals surface area contributed by atoms with E-state index in [0.29, 0.717) is 12.0 Å². The van der Waals surface area contributed by atoms with Gasteiger partial charge in [0.1, 0.15) is 0 Å². The van der Waals surface area contributed by atoms with Gasteiger partial charge < -0.3 is 16.0 Å². The highest BCUT2D eigenvalue weighted by Gasteiger charge is 2.26. The van der Waals surface area contributed by atoms with Crippen LogP contribution in [0.25, 0.3) is 0 Å². The molecule has 0 aromatic carbocycles. The molecule has 1 aromatic heterocycles. The molecular formula is C13H21N5. The Kier molecular flexibility index (Phi) is 3.21. The van der Waals surface area contributed by atoms with Crippen LogP contribution in [0.1, 0.15) is 38.5 Å². The maximum absolute atomic E-state index is 5.75. The average molecular weight is 247 g/mol. The van der Waals surface area contributed by atoms with Gasteiger partial charge in [0, 0.05) is 19.1 Å². The van der Waals surface area contributed by atoms with Gasteiger partial charge in [-0.2, -0.15) is 4.98 Å². The van der Waals surface area contributed by atoms with Gasteiger partial charge in [-0.3, -0.25) is 0 Å². The third-order valence-electron chi connectivity index (χ3n) is 3.97. The van der Waals surface area contributed by atoms with Crippen molar-refractivity contribution in [3.63, 3.8) is 0 Å². The van der Waals surface area contributed by atoms with Gasteiger partial charge in [-0.15, -0.1) is 0 Å². The first-order valence-electron chi connectivity index (χ1n) is 6.97. The Labute approximate surface area is 108 Å². The second kappa shape index (κ2) is 5.00. The second-order valence-corrected chi connectivity index (χ2v) is 5.23. The molecule has 3 N–H and O–H groups in total. The summed E-state index contributed by atoms with van der Waals surface area (Å²) in [5.74, 6) is 1.38. The zero-order chi connectivity index (χ0) is 12.4. The molecule has 0 amide bonds. The molecule has 2 aliphatic rings. The highest BCUT2D eigenvalue weighted by molar-refractivity contribution is 5.67. The molecule has 0 radical (unpaired) electrons. The molecule has 1 aliphatic heterocycles. The van der Waals surface area contributed by atoms with Gasteiger partial charge in [0.2, 0.25) is 5.95 Å². The van der Waals surface area contributed by atoms with Crippen LogP contribution in [0.3, 0.4) is 0 Å². The predicted molar refractivity (Wildman–Crippen MR) is 73.8 cm³/mol. The normalized spacial score (nSPS) is 21.0. The predicted octanol–water partition coefficient (Wildman–Crippen LogP) is 2.01. The number of anilines is 3. The van der Waals surface area contributed by atoms with Crippen LogP contribution in [0, 0.1) is 0 Å². The number of nitrogens with zero attached hydrogens (tertiary/aromatic N) is 3. The number of rotatable bonds is 1. The summed E-state index contributed by atoms with van der Waals surface area (Å²) in [6.07, 6.45) is 9.58. The Morgan fingerprint density at radius 2 is 2.06 bits per heavy atom. The molecule has 5 nitrogen and oxygen atoms in total. The van der Waals surface area contributed by atoms with E-state index >= 15 is 0 Å². The largest absolute Gasteiger partial charge is 0.381 e. The van der Waals surface area contributed by atoms with Crippen LogP contribution in [0.4, 0.5) is 17.5 Å². The van der Waals surface area contributed by atoms with Crippen molar-refractivity contribution in [1.29, 1.82) is 0 Å². The molecule has 0 saturated heterocycles. The topological polar surface area (TPSA) is 67.1 Å². The maximum atomic E-state index is 5.75. The average Bonchev–Trinajstić information content (AvgIpc) is 2.61. The summed E-state index contributed by atoms with van der Waals surface area (Å²) in [6.45, 7) is 2.06. The van der Waals surface area contributed by atoms with E-state index in [-0.39, 0.29) is 0 Å². The number of fused-ring (bicyclic) bond motifs is 1. The molecule has 1 fully saturated rings.